The molecule has 0 aliphatic rings. The van der Waals surface area contributed by atoms with E-state index in [-0.39, 0.29) is 70.8 Å². The van der Waals surface area contributed by atoms with Crippen LogP contribution in [0.15, 0.2) is 72.8 Å². The summed E-state index contributed by atoms with van der Waals surface area (Å²) in [6.07, 6.45) is 1.24. The van der Waals surface area contributed by atoms with Gasteiger partial charge in [-0.25, -0.2) is 9.37 Å². The third-order valence-electron chi connectivity index (χ3n) is 8.94. The Kier molecular flexibility index (Phi) is 13.3. The molecule has 1 aromatic heterocycles. The second kappa shape index (κ2) is 16.4. The molecule has 0 atom stereocenters. The Labute approximate surface area is 299 Å². The minimum absolute atomic E-state index is 0. The van der Waals surface area contributed by atoms with E-state index in [2.05, 4.69) is 16.0 Å². The molecular weight excluding hydrogens is 809 g/mol. The fraction of sp³-hybridized carbons (Fsp3) is 0.375. The quantitative estimate of drug-likeness (QED) is 0.0555. The Morgan fingerprint density at radius 2 is 1.41 bits per heavy atom. The van der Waals surface area contributed by atoms with Gasteiger partial charge in [0.25, 0.3) is 0 Å². The van der Waals surface area contributed by atoms with Crippen LogP contribution in [0.2, 0.25) is 0 Å². The molecule has 1 radical (unpaired) electrons. The number of hydrogen-bond acceptors (Lipinski definition) is 4. The molecule has 0 saturated heterocycles. The number of hydrogen-bond donors (Lipinski definition) is 1. The molecule has 4 aromatic carbocycles. The number of aromatic nitrogens is 2. The van der Waals surface area contributed by atoms with Crippen molar-refractivity contribution in [2.75, 3.05) is 0 Å². The maximum absolute atomic E-state index is 15.8. The molecule has 0 spiro atoms. The predicted octanol–water partition coefficient (Wildman–Crippen LogP) is 11.7. The first-order chi connectivity index (χ1) is 22.7. The Morgan fingerprint density at radius 1 is 0.857 bits per heavy atom. The van der Waals surface area contributed by atoms with Crippen molar-refractivity contribution in [1.82, 2.24) is 9.97 Å². The minimum atomic E-state index is -4.72. The van der Waals surface area contributed by atoms with Gasteiger partial charge in [-0.2, -0.15) is 13.2 Å². The number of benzene rings is 4. The number of allylic oxidation sites excluding steroid dienone is 2. The molecule has 0 bridgehead atoms. The van der Waals surface area contributed by atoms with Gasteiger partial charge in [0.05, 0.1) is 16.8 Å². The van der Waals surface area contributed by atoms with Gasteiger partial charge in [0.2, 0.25) is 0 Å². The van der Waals surface area contributed by atoms with Crippen LogP contribution in [0.3, 0.4) is 0 Å². The summed E-state index contributed by atoms with van der Waals surface area (Å²) in [5.74, 6) is -0.228. The monoisotopic (exact) mass is 852 g/mol. The van der Waals surface area contributed by atoms with Gasteiger partial charge in [-0.05, 0) is 36.5 Å². The van der Waals surface area contributed by atoms with Gasteiger partial charge in [0, 0.05) is 54.5 Å². The molecule has 49 heavy (non-hydrogen) atoms. The molecule has 0 aliphatic carbocycles. The van der Waals surface area contributed by atoms with E-state index in [0.717, 1.165) is 48.3 Å². The fourth-order valence-corrected chi connectivity index (χ4v) is 6.19. The summed E-state index contributed by atoms with van der Waals surface area (Å²) in [4.78, 5) is 19.9. The number of alkyl halides is 3. The van der Waals surface area contributed by atoms with E-state index < -0.39 is 23.1 Å². The summed E-state index contributed by atoms with van der Waals surface area (Å²) in [6.45, 7) is 14.2. The number of carbonyl (C=O) groups is 1. The molecule has 4 nitrogen and oxygen atoms in total. The van der Waals surface area contributed by atoms with Crippen LogP contribution < -0.4 is 0 Å². The molecule has 5 aromatic rings. The molecule has 5 rings (SSSR count). The van der Waals surface area contributed by atoms with E-state index >= 15 is 4.39 Å². The van der Waals surface area contributed by atoms with Crippen molar-refractivity contribution in [3.8, 4) is 11.3 Å². The van der Waals surface area contributed by atoms with Crippen LogP contribution >= 0.6 is 0 Å². The molecular formula is C40H43F4IrN2O2-. The van der Waals surface area contributed by atoms with Crippen molar-refractivity contribution in [3.63, 3.8) is 0 Å². The SMILES string of the molecule is CC(C)(C)c1cc(-c2ncnc3c(C(F)(F)F)c4ccccc4c(F)c23)[c-]c2ccccc12.CCC(CC)C(=O)/C=C(\O)C(CC)CC.[Ir]. The summed E-state index contributed by atoms with van der Waals surface area (Å²) < 4.78 is 58.2. The number of carbonyl (C=O) groups excluding carboxylic acids is 1. The molecule has 0 amide bonds. The Hall–Kier alpha value is -3.68. The fourth-order valence-electron chi connectivity index (χ4n) is 6.19. The summed E-state index contributed by atoms with van der Waals surface area (Å²) >= 11 is 0. The molecule has 9 heteroatoms. The van der Waals surface area contributed by atoms with E-state index in [0.29, 0.717) is 5.56 Å². The van der Waals surface area contributed by atoms with E-state index in [4.69, 9.17) is 0 Å². The van der Waals surface area contributed by atoms with Crippen LogP contribution in [0.5, 0.6) is 0 Å². The van der Waals surface area contributed by atoms with Crippen LogP contribution in [0.1, 0.15) is 85.3 Å². The topological polar surface area (TPSA) is 63.1 Å². The average molecular weight is 852 g/mol. The first-order valence-corrected chi connectivity index (χ1v) is 16.5. The molecule has 0 unspecified atom stereocenters. The number of aliphatic hydroxyl groups is 1. The zero-order chi connectivity index (χ0) is 35.4. The number of halogens is 4. The number of aliphatic hydroxyl groups excluding tert-OH is 1. The number of rotatable bonds is 8. The van der Waals surface area contributed by atoms with Crippen LogP contribution in [-0.2, 0) is 36.5 Å². The largest absolute Gasteiger partial charge is 0.512 e. The summed E-state index contributed by atoms with van der Waals surface area (Å²) in [5.41, 5.74) is -0.207. The molecule has 0 aliphatic heterocycles. The van der Waals surface area contributed by atoms with Crippen molar-refractivity contribution in [3.05, 3.63) is 95.8 Å². The van der Waals surface area contributed by atoms with Crippen LogP contribution in [0, 0.1) is 23.7 Å². The van der Waals surface area contributed by atoms with Crippen molar-refractivity contribution >= 4 is 38.2 Å². The minimum Gasteiger partial charge on any atom is -0.512 e. The van der Waals surface area contributed by atoms with Crippen LogP contribution in [-0.4, -0.2) is 20.9 Å². The predicted molar refractivity (Wildman–Crippen MR) is 186 cm³/mol. The number of nitrogens with zero attached hydrogens (tertiary/aromatic N) is 2. The van der Waals surface area contributed by atoms with Gasteiger partial charge >= 0.3 is 6.18 Å². The number of fused-ring (bicyclic) bond motifs is 3. The standard InChI is InChI=1S/C27H19F4N2.C13H24O2.Ir/c1-26(2,3)20-13-16(12-15-8-4-5-9-17(15)20)24-21-23(28)19-11-7-6-10-18(19)22(27(29,30)31)25(21)33-14-32-24;1-5-10(6-2)12(14)9-13(15)11(7-3)8-4;/h4-11,13-14H,1-3H3;9-11,14H,5-8H2,1-4H3;/q-1;;/b;12-9-;. The van der Waals surface area contributed by atoms with Gasteiger partial charge in [0.15, 0.2) is 5.78 Å². The van der Waals surface area contributed by atoms with Gasteiger partial charge in [0.1, 0.15) is 12.1 Å². The maximum atomic E-state index is 15.8. The molecule has 1 N–H and O–H groups in total. The van der Waals surface area contributed by atoms with Crippen molar-refractivity contribution in [2.45, 2.75) is 85.7 Å². The summed E-state index contributed by atoms with van der Waals surface area (Å²) in [6, 6.07) is 18.3. The third-order valence-corrected chi connectivity index (χ3v) is 8.94. The molecule has 0 saturated carbocycles. The molecule has 0 fully saturated rings. The van der Waals surface area contributed by atoms with Gasteiger partial charge < -0.3 is 5.11 Å². The van der Waals surface area contributed by atoms with Gasteiger partial charge in [-0.1, -0.05) is 102 Å². The molecule has 263 valence electrons. The Bertz CT molecular complexity index is 1960. The van der Waals surface area contributed by atoms with Crippen LogP contribution in [0.4, 0.5) is 17.6 Å². The number of ketones is 1. The maximum Gasteiger partial charge on any atom is 0.419 e. The van der Waals surface area contributed by atoms with E-state index in [1.807, 2.05) is 78.8 Å². The normalized spacial score (nSPS) is 12.4. The van der Waals surface area contributed by atoms with Crippen molar-refractivity contribution in [2.24, 2.45) is 11.8 Å². The second-order valence-electron chi connectivity index (χ2n) is 13.1. The van der Waals surface area contributed by atoms with Gasteiger partial charge in [-0.15, -0.1) is 29.1 Å². The van der Waals surface area contributed by atoms with E-state index in [1.54, 1.807) is 0 Å². The van der Waals surface area contributed by atoms with Gasteiger partial charge in [-0.3, -0.25) is 9.78 Å². The zero-order valence-electron chi connectivity index (χ0n) is 28.9. The summed E-state index contributed by atoms with van der Waals surface area (Å²) in [5, 5.41) is 10.9. The van der Waals surface area contributed by atoms with Crippen molar-refractivity contribution < 1.29 is 47.6 Å². The first kappa shape index (κ1) is 39.8. The Morgan fingerprint density at radius 3 is 1.96 bits per heavy atom. The second-order valence-corrected chi connectivity index (χ2v) is 13.1. The average Bonchev–Trinajstić information content (AvgIpc) is 3.04. The Balaban J connectivity index is 0.000000347. The first-order valence-electron chi connectivity index (χ1n) is 16.5. The third kappa shape index (κ3) is 8.56. The smallest absolute Gasteiger partial charge is 0.419 e. The van der Waals surface area contributed by atoms with E-state index in [9.17, 15) is 23.1 Å². The van der Waals surface area contributed by atoms with E-state index in [1.165, 1.54) is 30.3 Å². The molecule has 1 heterocycles. The van der Waals surface area contributed by atoms with Crippen molar-refractivity contribution in [1.29, 1.82) is 0 Å². The van der Waals surface area contributed by atoms with Crippen LogP contribution in [0.25, 0.3) is 43.7 Å². The summed E-state index contributed by atoms with van der Waals surface area (Å²) in [7, 11) is 0. The zero-order valence-corrected chi connectivity index (χ0v) is 31.3.